The van der Waals surface area contributed by atoms with Gasteiger partial charge < -0.3 is 0 Å². The van der Waals surface area contributed by atoms with Crippen LogP contribution in [-0.2, 0) is 11.2 Å². The van der Waals surface area contributed by atoms with E-state index in [1.54, 1.807) is 6.33 Å². The Hall–Kier alpha value is -1.19. The van der Waals surface area contributed by atoms with E-state index < -0.39 is 0 Å². The summed E-state index contributed by atoms with van der Waals surface area (Å²) in [4.78, 5) is 16.6. The van der Waals surface area contributed by atoms with Crippen molar-refractivity contribution >= 4 is 5.78 Å². The molecule has 0 unspecified atom stereocenters. The number of hydrogen-bond donors (Lipinski definition) is 0. The van der Waals surface area contributed by atoms with E-state index in [0.717, 1.165) is 31.5 Å². The van der Waals surface area contributed by atoms with Crippen molar-refractivity contribution < 1.29 is 4.79 Å². The summed E-state index contributed by atoms with van der Waals surface area (Å²) < 4.78 is 1.85. The SMILES string of the molecule is CC(C)n1ncnc1CC(=O)C1CCC(C)(C)CC1. The third-order valence-corrected chi connectivity index (χ3v) is 4.26. The molecule has 0 bridgehead atoms. The minimum atomic E-state index is 0.227. The quantitative estimate of drug-likeness (QED) is 0.838. The lowest BCUT2D eigenvalue weighted by Gasteiger charge is -2.33. The molecule has 1 aromatic heterocycles. The summed E-state index contributed by atoms with van der Waals surface area (Å²) in [7, 11) is 0. The van der Waals surface area contributed by atoms with Crippen molar-refractivity contribution in [3.05, 3.63) is 12.2 Å². The number of hydrogen-bond acceptors (Lipinski definition) is 3. The van der Waals surface area contributed by atoms with Gasteiger partial charge in [0.2, 0.25) is 0 Å². The topological polar surface area (TPSA) is 47.8 Å². The van der Waals surface area contributed by atoms with Crippen LogP contribution in [0.25, 0.3) is 0 Å². The molecule has 19 heavy (non-hydrogen) atoms. The van der Waals surface area contributed by atoms with E-state index >= 15 is 0 Å². The lowest BCUT2D eigenvalue weighted by Crippen LogP contribution is -2.28. The number of nitrogens with zero attached hydrogens (tertiary/aromatic N) is 3. The highest BCUT2D eigenvalue weighted by Crippen LogP contribution is 2.38. The highest BCUT2D eigenvalue weighted by molar-refractivity contribution is 5.82. The standard InChI is InChI=1S/C15H25N3O/c1-11(2)18-14(16-10-17-18)9-13(19)12-5-7-15(3,4)8-6-12/h10-12H,5-9H2,1-4H3. The van der Waals surface area contributed by atoms with E-state index in [-0.39, 0.29) is 12.0 Å². The third kappa shape index (κ3) is 3.43. The van der Waals surface area contributed by atoms with Crippen molar-refractivity contribution in [2.24, 2.45) is 11.3 Å². The van der Waals surface area contributed by atoms with Gasteiger partial charge in [-0.25, -0.2) is 9.67 Å². The van der Waals surface area contributed by atoms with Crippen molar-refractivity contribution in [3.8, 4) is 0 Å². The Morgan fingerprint density at radius 3 is 2.63 bits per heavy atom. The molecular formula is C15H25N3O. The van der Waals surface area contributed by atoms with Crippen LogP contribution in [0.5, 0.6) is 0 Å². The summed E-state index contributed by atoms with van der Waals surface area (Å²) in [5, 5.41) is 4.19. The second-order valence-electron chi connectivity index (χ2n) is 6.80. The molecule has 0 radical (unpaired) electrons. The predicted molar refractivity (Wildman–Crippen MR) is 74.9 cm³/mol. The molecule has 0 atom stereocenters. The molecule has 0 aliphatic heterocycles. The van der Waals surface area contributed by atoms with Gasteiger partial charge in [-0.1, -0.05) is 13.8 Å². The fourth-order valence-electron chi connectivity index (χ4n) is 2.85. The zero-order valence-corrected chi connectivity index (χ0v) is 12.5. The highest BCUT2D eigenvalue weighted by Gasteiger charge is 2.31. The molecule has 1 saturated carbocycles. The van der Waals surface area contributed by atoms with E-state index in [0.29, 0.717) is 17.6 Å². The molecular weight excluding hydrogens is 238 g/mol. The number of Topliss-reactive ketones (excluding diaryl/α,β-unsaturated/α-hetero) is 1. The average Bonchev–Trinajstić information content (AvgIpc) is 2.77. The van der Waals surface area contributed by atoms with Crippen molar-refractivity contribution in [2.75, 3.05) is 0 Å². The first-order valence-electron chi connectivity index (χ1n) is 7.30. The molecule has 4 nitrogen and oxygen atoms in total. The molecule has 106 valence electrons. The van der Waals surface area contributed by atoms with Crippen LogP contribution >= 0.6 is 0 Å². The zero-order chi connectivity index (χ0) is 14.0. The van der Waals surface area contributed by atoms with Crippen LogP contribution in [0.1, 0.15) is 65.2 Å². The Kier molecular flexibility index (Phi) is 4.07. The van der Waals surface area contributed by atoms with E-state index in [1.165, 1.54) is 0 Å². The van der Waals surface area contributed by atoms with Crippen LogP contribution in [-0.4, -0.2) is 20.5 Å². The summed E-state index contributed by atoms with van der Waals surface area (Å²) >= 11 is 0. The summed E-state index contributed by atoms with van der Waals surface area (Å²) in [6.45, 7) is 8.71. The molecule has 0 aromatic carbocycles. The fourth-order valence-corrected chi connectivity index (χ4v) is 2.85. The van der Waals surface area contributed by atoms with E-state index in [2.05, 4.69) is 37.8 Å². The second kappa shape index (κ2) is 5.43. The Labute approximate surface area is 115 Å². The minimum absolute atomic E-state index is 0.227. The molecule has 0 spiro atoms. The number of ketones is 1. The number of aromatic nitrogens is 3. The Morgan fingerprint density at radius 2 is 2.05 bits per heavy atom. The van der Waals surface area contributed by atoms with Gasteiger partial charge >= 0.3 is 0 Å². The molecule has 0 amide bonds. The van der Waals surface area contributed by atoms with Gasteiger partial charge in [0.15, 0.2) is 0 Å². The van der Waals surface area contributed by atoms with Crippen LogP contribution in [0, 0.1) is 11.3 Å². The molecule has 1 aromatic rings. The van der Waals surface area contributed by atoms with E-state index in [4.69, 9.17) is 0 Å². The van der Waals surface area contributed by atoms with Crippen LogP contribution in [0.2, 0.25) is 0 Å². The lowest BCUT2D eigenvalue weighted by atomic mass is 9.72. The minimum Gasteiger partial charge on any atom is -0.299 e. The van der Waals surface area contributed by atoms with Crippen molar-refractivity contribution in [2.45, 2.75) is 65.8 Å². The van der Waals surface area contributed by atoms with Gasteiger partial charge in [-0.3, -0.25) is 4.79 Å². The van der Waals surface area contributed by atoms with Crippen LogP contribution < -0.4 is 0 Å². The van der Waals surface area contributed by atoms with Gasteiger partial charge in [0.1, 0.15) is 17.9 Å². The first-order valence-corrected chi connectivity index (χ1v) is 7.30. The number of carbonyl (C=O) groups excluding carboxylic acids is 1. The van der Waals surface area contributed by atoms with E-state index in [9.17, 15) is 4.79 Å². The molecule has 2 rings (SSSR count). The summed E-state index contributed by atoms with van der Waals surface area (Å²) in [6, 6.07) is 0.260. The van der Waals surface area contributed by atoms with Crippen LogP contribution in [0.15, 0.2) is 6.33 Å². The molecule has 1 aliphatic rings. The van der Waals surface area contributed by atoms with Crippen molar-refractivity contribution in [1.82, 2.24) is 14.8 Å². The molecule has 0 N–H and O–H groups in total. The zero-order valence-electron chi connectivity index (χ0n) is 12.5. The van der Waals surface area contributed by atoms with Gasteiger partial charge in [-0.15, -0.1) is 0 Å². The molecule has 0 saturated heterocycles. The van der Waals surface area contributed by atoms with Crippen molar-refractivity contribution in [3.63, 3.8) is 0 Å². The van der Waals surface area contributed by atoms with Gasteiger partial charge in [0.25, 0.3) is 0 Å². The van der Waals surface area contributed by atoms with Gasteiger partial charge in [-0.05, 0) is 44.9 Å². The van der Waals surface area contributed by atoms with Gasteiger partial charge in [0, 0.05) is 12.0 Å². The van der Waals surface area contributed by atoms with E-state index in [1.807, 2.05) is 4.68 Å². The number of carbonyl (C=O) groups is 1. The fraction of sp³-hybridized carbons (Fsp3) is 0.800. The van der Waals surface area contributed by atoms with Crippen molar-refractivity contribution in [1.29, 1.82) is 0 Å². The average molecular weight is 263 g/mol. The largest absolute Gasteiger partial charge is 0.299 e. The van der Waals surface area contributed by atoms with Crippen LogP contribution in [0.4, 0.5) is 0 Å². The molecule has 4 heteroatoms. The summed E-state index contributed by atoms with van der Waals surface area (Å²) in [5.74, 6) is 1.38. The monoisotopic (exact) mass is 263 g/mol. The highest BCUT2D eigenvalue weighted by atomic mass is 16.1. The maximum Gasteiger partial charge on any atom is 0.143 e. The molecule has 1 fully saturated rings. The first-order chi connectivity index (χ1) is 8.89. The maximum atomic E-state index is 12.4. The smallest absolute Gasteiger partial charge is 0.143 e. The van der Waals surface area contributed by atoms with Gasteiger partial charge in [0.05, 0.1) is 6.42 Å². The lowest BCUT2D eigenvalue weighted by molar-refractivity contribution is -0.123. The Balaban J connectivity index is 1.96. The van der Waals surface area contributed by atoms with Crippen LogP contribution in [0.3, 0.4) is 0 Å². The predicted octanol–water partition coefficient (Wildman–Crippen LogP) is 3.19. The third-order valence-electron chi connectivity index (χ3n) is 4.26. The number of rotatable bonds is 4. The summed E-state index contributed by atoms with van der Waals surface area (Å²) in [6.07, 6.45) is 6.35. The molecule has 1 aliphatic carbocycles. The molecule has 1 heterocycles. The Morgan fingerprint density at radius 1 is 1.42 bits per heavy atom. The van der Waals surface area contributed by atoms with Gasteiger partial charge in [-0.2, -0.15) is 5.10 Å². The Bertz CT molecular complexity index is 438. The summed E-state index contributed by atoms with van der Waals surface area (Å²) in [5.41, 5.74) is 0.411. The maximum absolute atomic E-state index is 12.4. The second-order valence-corrected chi connectivity index (χ2v) is 6.80. The normalized spacial score (nSPS) is 19.8. The first kappa shape index (κ1) is 14.2.